The van der Waals surface area contributed by atoms with Crippen molar-refractivity contribution in [1.29, 1.82) is 0 Å². The van der Waals surface area contributed by atoms with Gasteiger partial charge in [-0.1, -0.05) is 24.3 Å². The number of rotatable bonds is 4. The number of nitrogens with zero attached hydrogens (tertiary/aromatic N) is 1. The van der Waals surface area contributed by atoms with Crippen LogP contribution in [0.15, 0.2) is 47.4 Å². The molecule has 1 aliphatic rings. The first-order chi connectivity index (χ1) is 13.2. The van der Waals surface area contributed by atoms with Gasteiger partial charge in [0, 0.05) is 13.1 Å². The van der Waals surface area contributed by atoms with Crippen LogP contribution in [0.5, 0.6) is 5.75 Å². The van der Waals surface area contributed by atoms with Crippen molar-refractivity contribution in [2.45, 2.75) is 44.8 Å². The van der Waals surface area contributed by atoms with E-state index in [-0.39, 0.29) is 35.8 Å². The van der Waals surface area contributed by atoms with Crippen molar-refractivity contribution in [2.75, 3.05) is 13.1 Å². The molecule has 1 fully saturated rings. The number of carbonyl (C=O) groups is 1. The van der Waals surface area contributed by atoms with Gasteiger partial charge >= 0.3 is 5.97 Å². The van der Waals surface area contributed by atoms with Gasteiger partial charge in [0.2, 0.25) is 10.0 Å². The molecule has 28 heavy (non-hydrogen) atoms. The highest BCUT2D eigenvalue weighted by atomic mass is 32.2. The molecule has 0 amide bonds. The van der Waals surface area contributed by atoms with Crippen LogP contribution in [0.1, 0.15) is 35.3 Å². The number of sulfonamides is 1. The van der Waals surface area contributed by atoms with Gasteiger partial charge in [-0.25, -0.2) is 13.2 Å². The van der Waals surface area contributed by atoms with Gasteiger partial charge in [-0.15, -0.1) is 0 Å². The van der Waals surface area contributed by atoms with Gasteiger partial charge in [0.05, 0.1) is 22.7 Å². The van der Waals surface area contributed by atoms with Crippen molar-refractivity contribution in [3.63, 3.8) is 0 Å². The Labute approximate surface area is 166 Å². The van der Waals surface area contributed by atoms with Crippen molar-refractivity contribution in [2.24, 2.45) is 0 Å². The molecule has 0 saturated carbocycles. The maximum absolute atomic E-state index is 13.0. The van der Waals surface area contributed by atoms with Crippen LogP contribution in [0.3, 0.4) is 0 Å². The van der Waals surface area contributed by atoms with Gasteiger partial charge in [0.25, 0.3) is 0 Å². The van der Waals surface area contributed by atoms with Crippen LogP contribution >= 0.6 is 0 Å². The summed E-state index contributed by atoms with van der Waals surface area (Å²) in [6, 6.07) is 11.6. The number of carbonyl (C=O) groups excluding carboxylic acids is 1. The fraction of sp³-hybridized carbons (Fsp3) is 0.381. The molecule has 2 aromatic rings. The maximum Gasteiger partial charge on any atom is 0.343 e. The van der Waals surface area contributed by atoms with Gasteiger partial charge in [-0.3, -0.25) is 0 Å². The lowest BCUT2D eigenvalue weighted by Crippen LogP contribution is -2.48. The van der Waals surface area contributed by atoms with Crippen LogP contribution in [-0.2, 0) is 14.8 Å². The predicted octanol–water partition coefficient (Wildman–Crippen LogP) is 3.32. The predicted molar refractivity (Wildman–Crippen MR) is 106 cm³/mol. The Balaban J connectivity index is 1.86. The molecular weight excluding hydrogens is 378 g/mol. The number of benzene rings is 2. The highest BCUT2D eigenvalue weighted by Crippen LogP contribution is 2.25. The van der Waals surface area contributed by atoms with Crippen molar-refractivity contribution in [1.82, 2.24) is 4.31 Å². The summed E-state index contributed by atoms with van der Waals surface area (Å²) in [5.41, 5.74) is 1.87. The van der Waals surface area contributed by atoms with Gasteiger partial charge < -0.3 is 9.47 Å². The number of morpholine rings is 1. The normalized spacial score (nSPS) is 20.7. The molecular formula is C21H25NO5S. The summed E-state index contributed by atoms with van der Waals surface area (Å²) in [6.45, 7) is 7.97. The van der Waals surface area contributed by atoms with Gasteiger partial charge in [0.1, 0.15) is 5.75 Å². The first-order valence-electron chi connectivity index (χ1n) is 9.22. The molecule has 7 heteroatoms. The monoisotopic (exact) mass is 403 g/mol. The first kappa shape index (κ1) is 20.5. The fourth-order valence-electron chi connectivity index (χ4n) is 3.37. The van der Waals surface area contributed by atoms with Crippen molar-refractivity contribution >= 4 is 16.0 Å². The number of hydrogen-bond donors (Lipinski definition) is 0. The second-order valence-electron chi connectivity index (χ2n) is 7.22. The van der Waals surface area contributed by atoms with E-state index in [1.807, 2.05) is 45.9 Å². The standard InChI is InChI=1S/C21H25NO5S/c1-14-7-5-8-15(2)20(14)27-21(23)18-9-6-10-19(11-18)28(24,25)22-12-16(3)26-17(4)13-22/h5-11,16-17H,12-13H2,1-4H3/t16-,17-/m0/s1. The van der Waals surface area contributed by atoms with Crippen LogP contribution < -0.4 is 4.74 Å². The maximum atomic E-state index is 13.0. The number of para-hydroxylation sites is 1. The summed E-state index contributed by atoms with van der Waals surface area (Å²) in [6.07, 6.45) is -0.369. The molecule has 0 unspecified atom stereocenters. The van der Waals surface area contributed by atoms with Gasteiger partial charge in [0.15, 0.2) is 0 Å². The van der Waals surface area contributed by atoms with E-state index in [4.69, 9.17) is 9.47 Å². The minimum atomic E-state index is -3.73. The molecule has 0 N–H and O–H groups in total. The number of esters is 1. The lowest BCUT2D eigenvalue weighted by Gasteiger charge is -2.34. The molecule has 2 aromatic carbocycles. The number of aryl methyl sites for hydroxylation is 2. The van der Waals surface area contributed by atoms with Crippen molar-refractivity contribution in [3.8, 4) is 5.75 Å². The quantitative estimate of drug-likeness (QED) is 0.578. The summed E-state index contributed by atoms with van der Waals surface area (Å²) in [7, 11) is -3.73. The summed E-state index contributed by atoms with van der Waals surface area (Å²) in [5, 5.41) is 0. The van der Waals surface area contributed by atoms with Crippen LogP contribution in [-0.4, -0.2) is 44.0 Å². The number of hydrogen-bond acceptors (Lipinski definition) is 5. The topological polar surface area (TPSA) is 72.9 Å². The third kappa shape index (κ3) is 4.27. The van der Waals surface area contributed by atoms with Gasteiger partial charge in [-0.05, 0) is 57.0 Å². The van der Waals surface area contributed by atoms with Crippen molar-refractivity contribution < 1.29 is 22.7 Å². The third-order valence-corrected chi connectivity index (χ3v) is 6.52. The first-order valence-corrected chi connectivity index (χ1v) is 10.7. The summed E-state index contributed by atoms with van der Waals surface area (Å²) >= 11 is 0. The Hall–Kier alpha value is -2.22. The Morgan fingerprint density at radius 2 is 1.61 bits per heavy atom. The van der Waals surface area contributed by atoms with Crippen molar-refractivity contribution in [3.05, 3.63) is 59.2 Å². The van der Waals surface area contributed by atoms with E-state index in [0.717, 1.165) is 11.1 Å². The molecule has 2 atom stereocenters. The van der Waals surface area contributed by atoms with E-state index in [1.165, 1.54) is 16.4 Å². The third-order valence-electron chi connectivity index (χ3n) is 4.70. The lowest BCUT2D eigenvalue weighted by atomic mass is 10.1. The molecule has 0 spiro atoms. The zero-order valence-corrected chi connectivity index (χ0v) is 17.3. The number of ether oxygens (including phenoxy) is 2. The molecule has 1 heterocycles. The Kier molecular flexibility index (Phi) is 5.88. The van der Waals surface area contributed by atoms with E-state index in [1.54, 1.807) is 12.1 Å². The average Bonchev–Trinajstić information content (AvgIpc) is 2.64. The fourth-order valence-corrected chi connectivity index (χ4v) is 5.01. The van der Waals surface area contributed by atoms with Crippen LogP contribution in [0, 0.1) is 13.8 Å². The highest BCUT2D eigenvalue weighted by molar-refractivity contribution is 7.89. The van der Waals surface area contributed by atoms with E-state index in [0.29, 0.717) is 5.75 Å². The lowest BCUT2D eigenvalue weighted by molar-refractivity contribution is -0.0440. The second-order valence-corrected chi connectivity index (χ2v) is 9.16. The summed E-state index contributed by atoms with van der Waals surface area (Å²) in [4.78, 5) is 12.7. The van der Waals surface area contributed by atoms with E-state index in [2.05, 4.69) is 0 Å². The summed E-state index contributed by atoms with van der Waals surface area (Å²) < 4.78 is 38.6. The molecule has 3 rings (SSSR count). The van der Waals surface area contributed by atoms with E-state index >= 15 is 0 Å². The SMILES string of the molecule is Cc1cccc(C)c1OC(=O)c1cccc(S(=O)(=O)N2C[C@H](C)O[C@@H](C)C2)c1. The molecule has 0 radical (unpaired) electrons. The van der Waals surface area contributed by atoms with E-state index < -0.39 is 16.0 Å². The zero-order valence-electron chi connectivity index (χ0n) is 16.5. The smallest absolute Gasteiger partial charge is 0.343 e. The van der Waals surface area contributed by atoms with Crippen LogP contribution in [0.2, 0.25) is 0 Å². The Bertz CT molecular complexity index is 956. The minimum Gasteiger partial charge on any atom is -0.422 e. The minimum absolute atomic E-state index is 0.0738. The summed E-state index contributed by atoms with van der Waals surface area (Å²) in [5.74, 6) is -0.0882. The Morgan fingerprint density at radius 3 is 2.21 bits per heavy atom. The molecule has 0 aromatic heterocycles. The molecule has 150 valence electrons. The molecule has 1 aliphatic heterocycles. The van der Waals surface area contributed by atoms with E-state index in [9.17, 15) is 13.2 Å². The highest BCUT2D eigenvalue weighted by Gasteiger charge is 2.32. The van der Waals surface area contributed by atoms with Crippen LogP contribution in [0.25, 0.3) is 0 Å². The molecule has 0 aliphatic carbocycles. The second kappa shape index (κ2) is 8.03. The van der Waals surface area contributed by atoms with Crippen LogP contribution in [0.4, 0.5) is 0 Å². The largest absolute Gasteiger partial charge is 0.422 e. The average molecular weight is 404 g/mol. The molecule has 0 bridgehead atoms. The molecule has 6 nitrogen and oxygen atoms in total. The molecule has 1 saturated heterocycles. The Morgan fingerprint density at radius 1 is 1.04 bits per heavy atom. The zero-order chi connectivity index (χ0) is 20.5. The van der Waals surface area contributed by atoms with Gasteiger partial charge in [-0.2, -0.15) is 4.31 Å².